The van der Waals surface area contributed by atoms with Crippen LogP contribution in [-0.4, -0.2) is 27.4 Å². The quantitative estimate of drug-likeness (QED) is 0.563. The van der Waals surface area contributed by atoms with E-state index in [-0.39, 0.29) is 11.6 Å². The van der Waals surface area contributed by atoms with Crippen molar-refractivity contribution in [3.8, 4) is 0 Å². The van der Waals surface area contributed by atoms with Gasteiger partial charge in [-0.25, -0.2) is 9.69 Å². The zero-order valence-corrected chi connectivity index (χ0v) is 15.4. The Bertz CT molecular complexity index is 1130. The molecule has 28 heavy (non-hydrogen) atoms. The molecule has 0 radical (unpaired) electrons. The molecule has 140 valence electrons. The number of carbonyl (C=O) groups excluding carboxylic acids is 3. The van der Waals surface area contributed by atoms with Gasteiger partial charge in [-0.15, -0.1) is 0 Å². The van der Waals surface area contributed by atoms with Crippen molar-refractivity contribution in [3.05, 3.63) is 66.1 Å². The van der Waals surface area contributed by atoms with Crippen LogP contribution in [0.15, 0.2) is 60.6 Å². The lowest BCUT2D eigenvalue weighted by atomic mass is 10.1. The van der Waals surface area contributed by atoms with E-state index in [1.807, 2.05) is 30.5 Å². The van der Waals surface area contributed by atoms with Gasteiger partial charge in [-0.2, -0.15) is 0 Å². The Kier molecular flexibility index (Phi) is 4.27. The van der Waals surface area contributed by atoms with Crippen LogP contribution in [0.4, 0.5) is 10.5 Å². The molecule has 1 aliphatic heterocycles. The van der Waals surface area contributed by atoms with E-state index in [0.717, 1.165) is 21.4 Å². The molecule has 1 aromatic carbocycles. The first-order chi connectivity index (χ1) is 13.5. The van der Waals surface area contributed by atoms with Gasteiger partial charge in [0, 0.05) is 41.1 Å². The van der Waals surface area contributed by atoms with E-state index < -0.39 is 17.8 Å². The minimum absolute atomic E-state index is 0.0944. The van der Waals surface area contributed by atoms with Crippen LogP contribution in [0.2, 0.25) is 0 Å². The third-order valence-electron chi connectivity index (χ3n) is 4.65. The van der Waals surface area contributed by atoms with Crippen molar-refractivity contribution >= 4 is 40.5 Å². The van der Waals surface area contributed by atoms with Crippen LogP contribution in [-0.2, 0) is 9.59 Å². The number of rotatable bonds is 3. The molecule has 1 saturated heterocycles. The van der Waals surface area contributed by atoms with Gasteiger partial charge < -0.3 is 4.57 Å². The lowest BCUT2D eigenvalue weighted by Gasteiger charge is -2.26. The highest BCUT2D eigenvalue weighted by atomic mass is 16.2. The maximum Gasteiger partial charge on any atom is 0.335 e. The maximum atomic E-state index is 13.0. The van der Waals surface area contributed by atoms with Crippen molar-refractivity contribution < 1.29 is 14.4 Å². The number of benzene rings is 1. The average molecular weight is 374 g/mol. The number of aromatic nitrogens is 2. The molecule has 3 aromatic rings. The van der Waals surface area contributed by atoms with Crippen LogP contribution in [0, 0.1) is 0 Å². The van der Waals surface area contributed by atoms with Gasteiger partial charge in [-0.05, 0) is 38.1 Å². The van der Waals surface area contributed by atoms with Crippen LogP contribution >= 0.6 is 0 Å². The first kappa shape index (κ1) is 17.7. The van der Waals surface area contributed by atoms with E-state index in [0.29, 0.717) is 5.69 Å². The monoisotopic (exact) mass is 374 g/mol. The standard InChI is InChI=1S/C21H18N4O3/c1-13(2)24-12-14(16-5-3-4-6-18(16)24)11-17-19(26)23-21(28)25(20(17)27)15-7-9-22-10-8-15/h3-13H,1-2H3,(H,23,26,28)/b17-11+. The van der Waals surface area contributed by atoms with E-state index in [2.05, 4.69) is 28.7 Å². The molecule has 4 amide bonds. The topological polar surface area (TPSA) is 84.3 Å². The van der Waals surface area contributed by atoms with Crippen molar-refractivity contribution in [1.29, 1.82) is 0 Å². The van der Waals surface area contributed by atoms with Crippen molar-refractivity contribution in [2.75, 3.05) is 4.90 Å². The van der Waals surface area contributed by atoms with Gasteiger partial charge >= 0.3 is 6.03 Å². The summed E-state index contributed by atoms with van der Waals surface area (Å²) < 4.78 is 2.08. The predicted molar refractivity (Wildman–Crippen MR) is 106 cm³/mol. The van der Waals surface area contributed by atoms with Crippen molar-refractivity contribution in [2.24, 2.45) is 0 Å². The smallest absolute Gasteiger partial charge is 0.335 e. The highest BCUT2D eigenvalue weighted by Gasteiger charge is 2.37. The Morgan fingerprint density at radius 3 is 2.46 bits per heavy atom. The van der Waals surface area contributed by atoms with Gasteiger partial charge in [0.25, 0.3) is 11.8 Å². The molecular formula is C21H18N4O3. The molecule has 1 N–H and O–H groups in total. The number of anilines is 1. The average Bonchev–Trinajstić information content (AvgIpc) is 3.05. The Labute approximate surface area is 161 Å². The number of nitrogens with zero attached hydrogens (tertiary/aromatic N) is 3. The van der Waals surface area contributed by atoms with Crippen LogP contribution in [0.5, 0.6) is 0 Å². The van der Waals surface area contributed by atoms with Crippen LogP contribution in [0.3, 0.4) is 0 Å². The number of nitrogens with one attached hydrogen (secondary N) is 1. The summed E-state index contributed by atoms with van der Waals surface area (Å²) in [4.78, 5) is 42.5. The second-order valence-corrected chi connectivity index (χ2v) is 6.77. The fourth-order valence-corrected chi connectivity index (χ4v) is 3.31. The zero-order chi connectivity index (χ0) is 19.8. The summed E-state index contributed by atoms with van der Waals surface area (Å²) in [6.45, 7) is 4.12. The number of amides is 4. The molecule has 0 bridgehead atoms. The SMILES string of the molecule is CC(C)n1cc(/C=C2\C(=O)NC(=O)N(c3ccncc3)C2=O)c2ccccc21. The fraction of sp³-hybridized carbons (Fsp3) is 0.143. The zero-order valence-electron chi connectivity index (χ0n) is 15.4. The van der Waals surface area contributed by atoms with E-state index in [4.69, 9.17) is 0 Å². The third-order valence-corrected chi connectivity index (χ3v) is 4.65. The number of para-hydroxylation sites is 1. The first-order valence-corrected chi connectivity index (χ1v) is 8.88. The van der Waals surface area contributed by atoms with Gasteiger partial charge in [0.15, 0.2) is 0 Å². The van der Waals surface area contributed by atoms with Crippen molar-refractivity contribution in [3.63, 3.8) is 0 Å². The number of barbiturate groups is 1. The maximum absolute atomic E-state index is 13.0. The molecule has 1 aliphatic rings. The van der Waals surface area contributed by atoms with Gasteiger partial charge in [-0.3, -0.25) is 19.9 Å². The Balaban J connectivity index is 1.83. The van der Waals surface area contributed by atoms with Crippen molar-refractivity contribution in [2.45, 2.75) is 19.9 Å². The largest absolute Gasteiger partial charge is 0.344 e. The second kappa shape index (κ2) is 6.77. The summed E-state index contributed by atoms with van der Waals surface area (Å²) >= 11 is 0. The minimum Gasteiger partial charge on any atom is -0.344 e. The molecule has 7 nitrogen and oxygen atoms in total. The molecule has 4 rings (SSSR count). The molecular weight excluding hydrogens is 356 g/mol. The van der Waals surface area contributed by atoms with E-state index >= 15 is 0 Å². The van der Waals surface area contributed by atoms with Crippen LogP contribution in [0.25, 0.3) is 17.0 Å². The third kappa shape index (κ3) is 2.87. The molecule has 2 aromatic heterocycles. The van der Waals surface area contributed by atoms with Gasteiger partial charge in [0.1, 0.15) is 5.57 Å². The Hall–Kier alpha value is -3.74. The summed E-state index contributed by atoms with van der Waals surface area (Å²) in [6.07, 6.45) is 6.41. The predicted octanol–water partition coefficient (Wildman–Crippen LogP) is 3.28. The number of imide groups is 2. The summed E-state index contributed by atoms with van der Waals surface area (Å²) in [5, 5.41) is 3.17. The Morgan fingerprint density at radius 1 is 1.04 bits per heavy atom. The van der Waals surface area contributed by atoms with Crippen LogP contribution < -0.4 is 10.2 Å². The molecule has 0 spiro atoms. The number of fused-ring (bicyclic) bond motifs is 1. The summed E-state index contributed by atoms with van der Waals surface area (Å²) in [7, 11) is 0. The number of carbonyl (C=O) groups is 3. The molecule has 0 saturated carbocycles. The molecule has 7 heteroatoms. The van der Waals surface area contributed by atoms with Gasteiger partial charge in [0.05, 0.1) is 5.69 Å². The lowest BCUT2D eigenvalue weighted by molar-refractivity contribution is -0.122. The highest BCUT2D eigenvalue weighted by Crippen LogP contribution is 2.28. The minimum atomic E-state index is -0.775. The van der Waals surface area contributed by atoms with Crippen LogP contribution in [0.1, 0.15) is 25.5 Å². The number of pyridine rings is 1. The number of hydrogen-bond donors (Lipinski definition) is 1. The first-order valence-electron chi connectivity index (χ1n) is 8.88. The molecule has 3 heterocycles. The highest BCUT2D eigenvalue weighted by molar-refractivity contribution is 6.39. The normalized spacial score (nSPS) is 16.3. The van der Waals surface area contributed by atoms with E-state index in [1.54, 1.807) is 6.08 Å². The molecule has 1 fully saturated rings. The van der Waals surface area contributed by atoms with E-state index in [9.17, 15) is 14.4 Å². The molecule has 0 atom stereocenters. The summed E-state index contributed by atoms with van der Waals surface area (Å²) in [6, 6.07) is 10.3. The summed E-state index contributed by atoms with van der Waals surface area (Å²) in [5.74, 6) is -1.37. The van der Waals surface area contributed by atoms with Gasteiger partial charge in [-0.1, -0.05) is 18.2 Å². The number of hydrogen-bond acceptors (Lipinski definition) is 4. The second-order valence-electron chi connectivity index (χ2n) is 6.77. The van der Waals surface area contributed by atoms with Crippen molar-refractivity contribution in [1.82, 2.24) is 14.9 Å². The fourth-order valence-electron chi connectivity index (χ4n) is 3.31. The Morgan fingerprint density at radius 2 is 1.75 bits per heavy atom. The number of urea groups is 1. The summed E-state index contributed by atoms with van der Waals surface area (Å²) in [5.41, 5.74) is 2.01. The van der Waals surface area contributed by atoms with Gasteiger partial charge in [0.2, 0.25) is 0 Å². The van der Waals surface area contributed by atoms with E-state index in [1.165, 1.54) is 24.5 Å². The molecule has 0 aliphatic carbocycles. The molecule has 0 unspecified atom stereocenters. The lowest BCUT2D eigenvalue weighted by Crippen LogP contribution is -2.54.